The predicted molar refractivity (Wildman–Crippen MR) is 52.6 cm³/mol. The third kappa shape index (κ3) is 2.67. The molecular weight excluding hydrogens is 146 g/mol. The molecule has 0 aromatic heterocycles. The lowest BCUT2D eigenvalue weighted by molar-refractivity contribution is 0.858. The van der Waals surface area contributed by atoms with Gasteiger partial charge in [0.2, 0.25) is 0 Å². The average Bonchev–Trinajstić information content (AvgIpc) is 2.09. The quantitative estimate of drug-likeness (QED) is 0.408. The van der Waals surface area contributed by atoms with Crippen LogP contribution >= 0.6 is 0 Å². The highest BCUT2D eigenvalue weighted by Crippen LogP contribution is 2.08. The molecule has 0 amide bonds. The van der Waals surface area contributed by atoms with Crippen LogP contribution in [-0.4, -0.2) is 0 Å². The van der Waals surface area contributed by atoms with E-state index in [1.165, 1.54) is 5.56 Å². The maximum Gasteiger partial charge on any atom is 0.0314 e. The van der Waals surface area contributed by atoms with Gasteiger partial charge >= 0.3 is 0 Å². The van der Waals surface area contributed by atoms with Crippen molar-refractivity contribution in [1.29, 1.82) is 0 Å². The fraction of sp³-hybridized carbons (Fsp3) is 0.273. The van der Waals surface area contributed by atoms with Crippen LogP contribution in [0.25, 0.3) is 0 Å². The molecule has 62 valence electrons. The molecule has 0 radical (unpaired) electrons. The van der Waals surface area contributed by atoms with Gasteiger partial charge in [-0.2, -0.15) is 0 Å². The Morgan fingerprint density at radius 3 is 2.50 bits per heavy atom. The molecule has 1 aromatic carbocycles. The molecule has 0 aliphatic heterocycles. The van der Waals surface area contributed by atoms with Crippen LogP contribution in [0, 0.1) is 12.3 Å². The monoisotopic (exact) mass is 159 g/mol. The molecule has 12 heavy (non-hydrogen) atoms. The maximum atomic E-state index is 5.55. The van der Waals surface area contributed by atoms with Gasteiger partial charge in [-0.15, -0.1) is 12.3 Å². The molecule has 1 nitrogen and oxygen atoms in total. The Balaban J connectivity index is 2.43. The van der Waals surface area contributed by atoms with E-state index in [0.717, 1.165) is 24.9 Å². The van der Waals surface area contributed by atoms with E-state index in [1.54, 1.807) is 0 Å². The highest BCUT2D eigenvalue weighted by Gasteiger charge is 1.91. The van der Waals surface area contributed by atoms with Crippen molar-refractivity contribution in [2.45, 2.75) is 19.3 Å². The van der Waals surface area contributed by atoms with Gasteiger partial charge in [0.25, 0.3) is 0 Å². The lowest BCUT2D eigenvalue weighted by Gasteiger charge is -1.98. The fourth-order valence-corrected chi connectivity index (χ4v) is 1.08. The van der Waals surface area contributed by atoms with Crippen LogP contribution in [0.1, 0.15) is 18.4 Å². The molecule has 0 heterocycles. The maximum absolute atomic E-state index is 5.55. The molecule has 0 spiro atoms. The van der Waals surface area contributed by atoms with Gasteiger partial charge in [-0.25, -0.2) is 0 Å². The average molecular weight is 159 g/mol. The minimum atomic E-state index is 0.815. The first-order chi connectivity index (χ1) is 5.83. The third-order valence-electron chi connectivity index (χ3n) is 1.77. The smallest absolute Gasteiger partial charge is 0.0314 e. The topological polar surface area (TPSA) is 26.0 Å². The SMILES string of the molecule is C#CCCCc1ccc(N)cc1. The Bertz CT molecular complexity index is 266. The summed E-state index contributed by atoms with van der Waals surface area (Å²) in [6.45, 7) is 0. The van der Waals surface area contributed by atoms with Gasteiger partial charge in [0, 0.05) is 12.1 Å². The van der Waals surface area contributed by atoms with Crippen molar-refractivity contribution in [3.63, 3.8) is 0 Å². The van der Waals surface area contributed by atoms with E-state index < -0.39 is 0 Å². The van der Waals surface area contributed by atoms with Crippen LogP contribution < -0.4 is 5.73 Å². The van der Waals surface area contributed by atoms with E-state index in [-0.39, 0.29) is 0 Å². The number of anilines is 1. The second-order valence-electron chi connectivity index (χ2n) is 2.80. The first-order valence-electron chi connectivity index (χ1n) is 4.11. The minimum Gasteiger partial charge on any atom is -0.399 e. The van der Waals surface area contributed by atoms with Crippen molar-refractivity contribution in [3.8, 4) is 12.3 Å². The Morgan fingerprint density at radius 2 is 1.92 bits per heavy atom. The van der Waals surface area contributed by atoms with E-state index in [4.69, 9.17) is 12.2 Å². The Hall–Kier alpha value is -1.42. The molecule has 0 bridgehead atoms. The first-order valence-corrected chi connectivity index (χ1v) is 4.11. The fourth-order valence-electron chi connectivity index (χ4n) is 1.08. The summed E-state index contributed by atoms with van der Waals surface area (Å²) in [7, 11) is 0. The number of aryl methyl sites for hydroxylation is 1. The summed E-state index contributed by atoms with van der Waals surface area (Å²) < 4.78 is 0. The Morgan fingerprint density at radius 1 is 1.25 bits per heavy atom. The van der Waals surface area contributed by atoms with Gasteiger partial charge in [-0.1, -0.05) is 12.1 Å². The van der Waals surface area contributed by atoms with E-state index in [9.17, 15) is 0 Å². The highest BCUT2D eigenvalue weighted by atomic mass is 14.5. The number of rotatable bonds is 3. The summed E-state index contributed by atoms with van der Waals surface area (Å²) in [4.78, 5) is 0. The largest absolute Gasteiger partial charge is 0.399 e. The third-order valence-corrected chi connectivity index (χ3v) is 1.77. The molecule has 0 aliphatic carbocycles. The molecule has 0 atom stereocenters. The summed E-state index contributed by atoms with van der Waals surface area (Å²) in [6.07, 6.45) is 8.10. The van der Waals surface area contributed by atoms with Crippen molar-refractivity contribution >= 4 is 5.69 Å². The van der Waals surface area contributed by atoms with Crippen LogP contribution in [-0.2, 0) is 6.42 Å². The van der Waals surface area contributed by atoms with Crippen LogP contribution in [0.3, 0.4) is 0 Å². The van der Waals surface area contributed by atoms with Crippen LogP contribution in [0.5, 0.6) is 0 Å². The molecule has 0 fully saturated rings. The number of hydrogen-bond acceptors (Lipinski definition) is 1. The normalized spacial score (nSPS) is 9.25. The van der Waals surface area contributed by atoms with Gasteiger partial charge in [0.1, 0.15) is 0 Å². The number of unbranched alkanes of at least 4 members (excludes halogenated alkanes) is 1. The first kappa shape index (κ1) is 8.67. The number of terminal acetylenes is 1. The molecule has 0 aliphatic rings. The standard InChI is InChI=1S/C11H13N/c1-2-3-4-5-10-6-8-11(12)9-7-10/h1,6-9H,3-5,12H2. The van der Waals surface area contributed by atoms with Gasteiger partial charge < -0.3 is 5.73 Å². The van der Waals surface area contributed by atoms with Crippen molar-refractivity contribution in [2.24, 2.45) is 0 Å². The minimum absolute atomic E-state index is 0.815. The Labute approximate surface area is 73.6 Å². The van der Waals surface area contributed by atoms with Crippen LogP contribution in [0.15, 0.2) is 24.3 Å². The summed E-state index contributed by atoms with van der Waals surface area (Å²) >= 11 is 0. The summed E-state index contributed by atoms with van der Waals surface area (Å²) in [5.41, 5.74) is 7.67. The molecule has 0 saturated carbocycles. The van der Waals surface area contributed by atoms with Crippen molar-refractivity contribution < 1.29 is 0 Å². The van der Waals surface area contributed by atoms with Crippen molar-refractivity contribution in [1.82, 2.24) is 0 Å². The number of benzene rings is 1. The zero-order chi connectivity index (χ0) is 8.81. The zero-order valence-corrected chi connectivity index (χ0v) is 7.09. The summed E-state index contributed by atoms with van der Waals surface area (Å²) in [5.74, 6) is 2.62. The molecule has 2 N–H and O–H groups in total. The van der Waals surface area contributed by atoms with Crippen LogP contribution in [0.4, 0.5) is 5.69 Å². The molecular formula is C11H13N. The molecule has 0 saturated heterocycles. The summed E-state index contributed by atoms with van der Waals surface area (Å²) in [5, 5.41) is 0. The highest BCUT2D eigenvalue weighted by molar-refractivity contribution is 5.39. The second kappa shape index (κ2) is 4.46. The molecule has 1 aromatic rings. The molecule has 0 unspecified atom stereocenters. The molecule has 1 heteroatoms. The zero-order valence-electron chi connectivity index (χ0n) is 7.09. The van der Waals surface area contributed by atoms with Gasteiger partial charge in [0.05, 0.1) is 0 Å². The van der Waals surface area contributed by atoms with Gasteiger partial charge in [-0.3, -0.25) is 0 Å². The number of nitrogen functional groups attached to an aromatic ring is 1. The lowest BCUT2D eigenvalue weighted by atomic mass is 10.1. The predicted octanol–water partition coefficient (Wildman–Crippen LogP) is 2.22. The van der Waals surface area contributed by atoms with Crippen LogP contribution in [0.2, 0.25) is 0 Å². The second-order valence-corrected chi connectivity index (χ2v) is 2.80. The molecule has 1 rings (SSSR count). The van der Waals surface area contributed by atoms with E-state index in [1.807, 2.05) is 24.3 Å². The van der Waals surface area contributed by atoms with Gasteiger partial charge in [-0.05, 0) is 30.5 Å². The number of nitrogens with two attached hydrogens (primary N) is 1. The van der Waals surface area contributed by atoms with E-state index in [2.05, 4.69) is 5.92 Å². The van der Waals surface area contributed by atoms with E-state index >= 15 is 0 Å². The van der Waals surface area contributed by atoms with E-state index in [0.29, 0.717) is 0 Å². The number of hydrogen-bond donors (Lipinski definition) is 1. The van der Waals surface area contributed by atoms with Crippen molar-refractivity contribution in [3.05, 3.63) is 29.8 Å². The lowest BCUT2D eigenvalue weighted by Crippen LogP contribution is -1.87. The Kier molecular flexibility index (Phi) is 3.22. The van der Waals surface area contributed by atoms with Gasteiger partial charge in [0.15, 0.2) is 0 Å². The summed E-state index contributed by atoms with van der Waals surface area (Å²) in [6, 6.07) is 7.94. The van der Waals surface area contributed by atoms with Crippen molar-refractivity contribution in [2.75, 3.05) is 5.73 Å².